The Morgan fingerprint density at radius 3 is 2.81 bits per heavy atom. The smallest absolute Gasteiger partial charge is 0.342 e. The van der Waals surface area contributed by atoms with Crippen LogP contribution in [0.3, 0.4) is 0 Å². The first-order valence-electron chi connectivity index (χ1n) is 5.33. The van der Waals surface area contributed by atoms with Gasteiger partial charge in [0.1, 0.15) is 14.9 Å². The van der Waals surface area contributed by atoms with Crippen LogP contribution in [0.5, 0.6) is 11.6 Å². The van der Waals surface area contributed by atoms with Crippen LogP contribution in [-0.4, -0.2) is 26.0 Å². The Hall–Kier alpha value is -2.50. The standard InChI is InChI=1S/C11H6IN3O6/c12-8-9(16)13-4-14-10(8)21-5-1-2-7(15(19)20)6(3-5)11(17)18/h1-4H,(H,17,18)(H,13,14,16). The van der Waals surface area contributed by atoms with Crippen molar-refractivity contribution in [1.29, 1.82) is 0 Å². The topological polar surface area (TPSA) is 135 Å². The molecule has 0 saturated carbocycles. The number of H-pyrrole nitrogens is 1. The fraction of sp³-hybridized carbons (Fsp3) is 0. The number of carboxylic acid groups (broad SMARTS) is 1. The number of halogens is 1. The number of aromatic nitrogens is 2. The van der Waals surface area contributed by atoms with Crippen molar-refractivity contribution in [3.63, 3.8) is 0 Å². The molecular weight excluding hydrogens is 397 g/mol. The quantitative estimate of drug-likeness (QED) is 0.451. The molecule has 0 radical (unpaired) electrons. The predicted octanol–water partition coefficient (Wildman–Crippen LogP) is 1.77. The second kappa shape index (κ2) is 5.87. The van der Waals surface area contributed by atoms with Gasteiger partial charge in [-0.3, -0.25) is 14.9 Å². The van der Waals surface area contributed by atoms with Gasteiger partial charge in [-0.2, -0.15) is 0 Å². The highest BCUT2D eigenvalue weighted by molar-refractivity contribution is 14.1. The molecule has 0 atom stereocenters. The van der Waals surface area contributed by atoms with E-state index in [1.807, 2.05) is 0 Å². The molecule has 21 heavy (non-hydrogen) atoms. The summed E-state index contributed by atoms with van der Waals surface area (Å²) in [5.41, 5.74) is -1.48. The van der Waals surface area contributed by atoms with Crippen molar-refractivity contribution >= 4 is 34.2 Å². The Morgan fingerprint density at radius 2 is 2.19 bits per heavy atom. The van der Waals surface area contributed by atoms with Gasteiger partial charge in [0.15, 0.2) is 0 Å². The van der Waals surface area contributed by atoms with Crippen LogP contribution in [0.2, 0.25) is 0 Å². The van der Waals surface area contributed by atoms with Gasteiger partial charge < -0.3 is 14.8 Å². The average molecular weight is 403 g/mol. The summed E-state index contributed by atoms with van der Waals surface area (Å²) in [6.45, 7) is 0. The maximum atomic E-state index is 11.4. The first-order chi connectivity index (χ1) is 9.90. The Morgan fingerprint density at radius 1 is 1.48 bits per heavy atom. The van der Waals surface area contributed by atoms with Crippen molar-refractivity contribution in [3.05, 3.63) is 54.1 Å². The summed E-state index contributed by atoms with van der Waals surface area (Å²) in [5.74, 6) is -1.46. The largest absolute Gasteiger partial charge is 0.477 e. The lowest BCUT2D eigenvalue weighted by molar-refractivity contribution is -0.385. The number of rotatable bonds is 4. The van der Waals surface area contributed by atoms with E-state index in [1.54, 1.807) is 22.6 Å². The molecule has 2 N–H and O–H groups in total. The lowest BCUT2D eigenvalue weighted by Crippen LogP contribution is -2.11. The third kappa shape index (κ3) is 3.16. The van der Waals surface area contributed by atoms with Crippen molar-refractivity contribution in [3.8, 4) is 11.6 Å². The van der Waals surface area contributed by atoms with Crippen molar-refractivity contribution < 1.29 is 19.6 Å². The summed E-state index contributed by atoms with van der Waals surface area (Å²) in [4.78, 5) is 38.5. The minimum absolute atomic E-state index is 0.0222. The van der Waals surface area contributed by atoms with Gasteiger partial charge in [-0.15, -0.1) is 0 Å². The molecule has 0 aliphatic carbocycles. The SMILES string of the molecule is O=C(O)c1cc(Oc2nc[nH]c(=O)c2I)ccc1[N+](=O)[O-]. The van der Waals surface area contributed by atoms with E-state index in [0.29, 0.717) is 0 Å². The van der Waals surface area contributed by atoms with Crippen LogP contribution < -0.4 is 10.3 Å². The number of aromatic amines is 1. The van der Waals surface area contributed by atoms with E-state index in [1.165, 1.54) is 6.07 Å². The van der Waals surface area contributed by atoms with Gasteiger partial charge in [-0.1, -0.05) is 0 Å². The van der Waals surface area contributed by atoms with E-state index in [4.69, 9.17) is 9.84 Å². The third-order valence-electron chi connectivity index (χ3n) is 2.37. The number of aromatic carboxylic acids is 1. The van der Waals surface area contributed by atoms with Crippen molar-refractivity contribution in [2.45, 2.75) is 0 Å². The molecule has 0 saturated heterocycles. The highest BCUT2D eigenvalue weighted by Crippen LogP contribution is 2.27. The molecule has 108 valence electrons. The number of nitrogens with one attached hydrogen (secondary N) is 1. The van der Waals surface area contributed by atoms with Crippen LogP contribution in [0.1, 0.15) is 10.4 Å². The number of hydrogen-bond acceptors (Lipinski definition) is 6. The first-order valence-corrected chi connectivity index (χ1v) is 6.41. The fourth-order valence-corrected chi connectivity index (χ4v) is 1.86. The van der Waals surface area contributed by atoms with Crippen LogP contribution in [-0.2, 0) is 0 Å². The molecular formula is C11H6IN3O6. The van der Waals surface area contributed by atoms with E-state index >= 15 is 0 Å². The maximum Gasteiger partial charge on any atom is 0.342 e. The normalized spacial score (nSPS) is 10.1. The molecule has 0 fully saturated rings. The minimum Gasteiger partial charge on any atom is -0.477 e. The van der Waals surface area contributed by atoms with E-state index in [-0.39, 0.29) is 15.2 Å². The van der Waals surface area contributed by atoms with Crippen LogP contribution in [0.4, 0.5) is 5.69 Å². The molecule has 1 aromatic heterocycles. The van der Waals surface area contributed by atoms with Gasteiger partial charge in [-0.05, 0) is 28.7 Å². The third-order valence-corrected chi connectivity index (χ3v) is 3.33. The molecule has 0 unspecified atom stereocenters. The average Bonchev–Trinajstić information content (AvgIpc) is 2.43. The summed E-state index contributed by atoms with van der Waals surface area (Å²) >= 11 is 1.72. The zero-order chi connectivity index (χ0) is 15.6. The zero-order valence-corrected chi connectivity index (χ0v) is 12.2. The number of carboxylic acids is 1. The van der Waals surface area contributed by atoms with Gasteiger partial charge in [0.25, 0.3) is 11.2 Å². The van der Waals surface area contributed by atoms with Crippen LogP contribution in [0.25, 0.3) is 0 Å². The fourth-order valence-electron chi connectivity index (χ4n) is 1.46. The number of nitrogens with zero attached hydrogens (tertiary/aromatic N) is 2. The molecule has 1 heterocycles. The lowest BCUT2D eigenvalue weighted by Gasteiger charge is -2.06. The van der Waals surface area contributed by atoms with E-state index in [0.717, 1.165) is 18.5 Å². The van der Waals surface area contributed by atoms with Gasteiger partial charge in [0.05, 0.1) is 11.3 Å². The van der Waals surface area contributed by atoms with E-state index in [2.05, 4.69) is 9.97 Å². The van der Waals surface area contributed by atoms with Crippen LogP contribution >= 0.6 is 22.6 Å². The number of nitro groups is 1. The van der Waals surface area contributed by atoms with E-state index in [9.17, 15) is 19.7 Å². The van der Waals surface area contributed by atoms with Gasteiger partial charge >= 0.3 is 5.97 Å². The molecule has 1 aromatic carbocycles. The van der Waals surface area contributed by atoms with Gasteiger partial charge in [-0.25, -0.2) is 9.78 Å². The Balaban J connectivity index is 2.44. The van der Waals surface area contributed by atoms with E-state index < -0.39 is 27.7 Å². The number of nitro benzene ring substituents is 1. The zero-order valence-electron chi connectivity index (χ0n) is 10.1. The Bertz CT molecular complexity index is 788. The molecule has 0 amide bonds. The second-order valence-corrected chi connectivity index (χ2v) is 4.77. The molecule has 0 bridgehead atoms. The molecule has 0 spiro atoms. The maximum absolute atomic E-state index is 11.4. The second-order valence-electron chi connectivity index (χ2n) is 3.69. The predicted molar refractivity (Wildman–Crippen MR) is 77.7 cm³/mol. The van der Waals surface area contributed by atoms with Crippen LogP contribution in [0, 0.1) is 13.7 Å². The minimum atomic E-state index is -1.46. The summed E-state index contributed by atoms with van der Waals surface area (Å²) in [6, 6.07) is 3.24. The molecule has 2 rings (SSSR count). The Labute approximate surface area is 129 Å². The lowest BCUT2D eigenvalue weighted by atomic mass is 10.1. The number of carbonyl (C=O) groups is 1. The van der Waals surface area contributed by atoms with Crippen molar-refractivity contribution in [1.82, 2.24) is 9.97 Å². The highest BCUT2D eigenvalue weighted by atomic mass is 127. The summed E-state index contributed by atoms with van der Waals surface area (Å²) in [6.07, 6.45) is 1.13. The van der Waals surface area contributed by atoms with Crippen molar-refractivity contribution in [2.24, 2.45) is 0 Å². The summed E-state index contributed by atoms with van der Waals surface area (Å²) in [7, 11) is 0. The number of ether oxygens (including phenoxy) is 1. The van der Waals surface area contributed by atoms with Crippen molar-refractivity contribution in [2.75, 3.05) is 0 Å². The highest BCUT2D eigenvalue weighted by Gasteiger charge is 2.21. The Kier molecular flexibility index (Phi) is 4.16. The summed E-state index contributed by atoms with van der Waals surface area (Å²) < 4.78 is 5.46. The van der Waals surface area contributed by atoms with Crippen LogP contribution in [0.15, 0.2) is 29.3 Å². The first kappa shape index (κ1) is 14.9. The number of hydrogen-bond donors (Lipinski definition) is 2. The molecule has 0 aliphatic rings. The van der Waals surface area contributed by atoms with Gasteiger partial charge in [0.2, 0.25) is 5.88 Å². The molecule has 10 heteroatoms. The molecule has 2 aromatic rings. The monoisotopic (exact) mass is 403 g/mol. The molecule has 0 aliphatic heterocycles. The summed E-state index contributed by atoms with van der Waals surface area (Å²) in [5, 5.41) is 19.7. The number of benzene rings is 1. The van der Waals surface area contributed by atoms with Gasteiger partial charge in [0, 0.05) is 12.1 Å². The molecule has 9 nitrogen and oxygen atoms in total.